The summed E-state index contributed by atoms with van der Waals surface area (Å²) < 4.78 is 11.5. The number of halogens is 1. The molecule has 0 fully saturated rings. The molecule has 0 aliphatic carbocycles. The Bertz CT molecular complexity index is 1050. The van der Waals surface area contributed by atoms with Crippen LogP contribution in [0.4, 0.5) is 5.69 Å². The maximum atomic E-state index is 13.0. The Morgan fingerprint density at radius 3 is 2.20 bits per heavy atom. The van der Waals surface area contributed by atoms with Crippen LogP contribution in [0.2, 0.25) is 0 Å². The molecule has 0 unspecified atom stereocenters. The molecule has 2 aromatic carbocycles. The van der Waals surface area contributed by atoms with Crippen molar-refractivity contribution in [2.75, 3.05) is 24.9 Å². The van der Waals surface area contributed by atoms with Crippen LogP contribution in [0, 0.1) is 0 Å². The second kappa shape index (κ2) is 19.9. The van der Waals surface area contributed by atoms with E-state index in [9.17, 15) is 4.79 Å². The van der Waals surface area contributed by atoms with Crippen molar-refractivity contribution in [2.45, 2.75) is 97.4 Å². The Balaban J connectivity index is 0.00000560. The number of benzene rings is 2. The number of ether oxygens (including phenoxy) is 2. The summed E-state index contributed by atoms with van der Waals surface area (Å²) >= 11 is 1.85. The van der Waals surface area contributed by atoms with E-state index in [1.54, 1.807) is 19.2 Å². The number of amides is 1. The first-order valence-electron chi connectivity index (χ1n) is 14.9. The highest BCUT2D eigenvalue weighted by atomic mass is 79.9. The Morgan fingerprint density at radius 1 is 0.900 bits per heavy atom. The van der Waals surface area contributed by atoms with Gasteiger partial charge in [-0.3, -0.25) is 4.79 Å². The molecule has 222 valence electrons. The number of nitrogens with zero attached hydrogens (tertiary/aromatic N) is 1. The third-order valence-electron chi connectivity index (χ3n) is 7.07. The van der Waals surface area contributed by atoms with Crippen LogP contribution in [0.25, 0.3) is 0 Å². The zero-order chi connectivity index (χ0) is 27.7. The molecule has 40 heavy (non-hydrogen) atoms. The summed E-state index contributed by atoms with van der Waals surface area (Å²) in [5, 5.41) is 3.04. The van der Waals surface area contributed by atoms with Crippen LogP contribution >= 0.6 is 28.7 Å². The smallest absolute Gasteiger partial charge is 0.255 e. The van der Waals surface area contributed by atoms with Crippen LogP contribution in [-0.2, 0) is 6.54 Å². The first kappa shape index (κ1) is 34.1. The van der Waals surface area contributed by atoms with Gasteiger partial charge in [0.05, 0.1) is 19.6 Å². The maximum Gasteiger partial charge on any atom is 0.255 e. The fourth-order valence-corrected chi connectivity index (χ4v) is 5.61. The third-order valence-corrected chi connectivity index (χ3v) is 8.10. The number of anilines is 1. The number of hydrogen-bond donors (Lipinski definition) is 1. The number of carbonyl (C=O) groups is 1. The van der Waals surface area contributed by atoms with Crippen LogP contribution in [0.1, 0.15) is 107 Å². The predicted molar refractivity (Wildman–Crippen MR) is 176 cm³/mol. The summed E-state index contributed by atoms with van der Waals surface area (Å²) in [6, 6.07) is 13.4. The average Bonchev–Trinajstić information content (AvgIpc) is 3.35. The summed E-state index contributed by atoms with van der Waals surface area (Å²) in [6.07, 6.45) is 17.9. The van der Waals surface area contributed by atoms with E-state index in [1.807, 2.05) is 36.0 Å². The van der Waals surface area contributed by atoms with Gasteiger partial charge in [-0.15, -0.1) is 28.7 Å². The standard InChI is InChI=1S/C33H48N2O3S.BrH/c1-4-5-6-7-8-9-10-11-12-13-14-15-21-38-32-23-29(19-20-31(32)37-3)33(36)34-30-18-16-17-28(22-30)25-35-24-27(2)39-26-35;/h16-20,22-24H,4-15,21,25-26H2,1-3H3,(H,34,36);1H. The van der Waals surface area contributed by atoms with Gasteiger partial charge in [-0.25, -0.2) is 0 Å². The summed E-state index contributed by atoms with van der Waals surface area (Å²) in [6.45, 7) is 5.86. The topological polar surface area (TPSA) is 50.8 Å². The van der Waals surface area contributed by atoms with Crippen molar-refractivity contribution >= 4 is 40.3 Å². The van der Waals surface area contributed by atoms with Crippen molar-refractivity contribution in [3.05, 3.63) is 64.7 Å². The Labute approximate surface area is 257 Å². The van der Waals surface area contributed by atoms with Gasteiger partial charge >= 0.3 is 0 Å². The predicted octanol–water partition coefficient (Wildman–Crippen LogP) is 9.97. The van der Waals surface area contributed by atoms with Crippen molar-refractivity contribution in [1.29, 1.82) is 0 Å². The molecule has 0 saturated carbocycles. The molecule has 0 atom stereocenters. The van der Waals surface area contributed by atoms with Crippen LogP contribution in [0.5, 0.6) is 11.5 Å². The lowest BCUT2D eigenvalue weighted by Gasteiger charge is -2.15. The van der Waals surface area contributed by atoms with E-state index in [0.717, 1.165) is 24.5 Å². The number of unbranched alkanes of at least 4 members (excludes halogenated alkanes) is 11. The highest BCUT2D eigenvalue weighted by Crippen LogP contribution is 2.29. The maximum absolute atomic E-state index is 13.0. The molecular weight excluding hydrogens is 584 g/mol. The number of nitrogens with one attached hydrogen (secondary N) is 1. The molecule has 0 aromatic heterocycles. The van der Waals surface area contributed by atoms with Gasteiger partial charge in [0.2, 0.25) is 0 Å². The Morgan fingerprint density at radius 2 is 1.57 bits per heavy atom. The van der Waals surface area contributed by atoms with Crippen molar-refractivity contribution < 1.29 is 14.3 Å². The number of carbonyl (C=O) groups excluding carboxylic acids is 1. The lowest BCUT2D eigenvalue weighted by Crippen LogP contribution is -2.14. The Kier molecular flexibility index (Phi) is 16.9. The largest absolute Gasteiger partial charge is 0.493 e. The molecule has 1 aliphatic rings. The van der Waals surface area contributed by atoms with Crippen molar-refractivity contribution in [2.24, 2.45) is 0 Å². The van der Waals surface area contributed by atoms with Crippen LogP contribution in [0.15, 0.2) is 53.6 Å². The monoisotopic (exact) mass is 632 g/mol. The van der Waals surface area contributed by atoms with E-state index in [0.29, 0.717) is 23.7 Å². The molecule has 2 aromatic rings. The quantitative estimate of drug-likeness (QED) is 0.156. The molecule has 0 radical (unpaired) electrons. The lowest BCUT2D eigenvalue weighted by molar-refractivity contribution is 0.102. The zero-order valence-electron chi connectivity index (χ0n) is 24.7. The molecule has 1 heterocycles. The number of allylic oxidation sites excluding steroid dienone is 1. The van der Waals surface area contributed by atoms with Crippen LogP contribution in [-0.4, -0.2) is 30.4 Å². The minimum absolute atomic E-state index is 0. The third kappa shape index (κ3) is 12.6. The van der Waals surface area contributed by atoms with Gasteiger partial charge in [0.25, 0.3) is 5.91 Å². The molecule has 3 rings (SSSR count). The van der Waals surface area contributed by atoms with E-state index in [1.165, 1.54) is 81.1 Å². The molecule has 5 nitrogen and oxygen atoms in total. The number of thioether (sulfide) groups is 1. The summed E-state index contributed by atoms with van der Waals surface area (Å²) in [7, 11) is 1.63. The molecule has 0 spiro atoms. The van der Waals surface area contributed by atoms with Gasteiger partial charge in [-0.2, -0.15) is 0 Å². The molecular formula is C33H49BrN2O3S. The van der Waals surface area contributed by atoms with Gasteiger partial charge in [-0.1, -0.05) is 89.7 Å². The first-order valence-corrected chi connectivity index (χ1v) is 15.8. The molecule has 0 saturated heterocycles. The fraction of sp³-hybridized carbons (Fsp3) is 0.545. The number of methoxy groups -OCH3 is 1. The van der Waals surface area contributed by atoms with Crippen molar-refractivity contribution in [1.82, 2.24) is 4.90 Å². The SMILES string of the molecule is Br.CCCCCCCCCCCCCCOc1cc(C(=O)Nc2cccc(CN3C=C(C)SC3)c2)ccc1OC. The van der Waals surface area contributed by atoms with Gasteiger partial charge in [0.15, 0.2) is 11.5 Å². The molecule has 1 aliphatic heterocycles. The fourth-order valence-electron chi connectivity index (χ4n) is 4.85. The van der Waals surface area contributed by atoms with Gasteiger partial charge in [-0.05, 0) is 54.1 Å². The molecule has 7 heteroatoms. The van der Waals surface area contributed by atoms with Gasteiger partial charge in [0.1, 0.15) is 0 Å². The van der Waals surface area contributed by atoms with E-state index < -0.39 is 0 Å². The van der Waals surface area contributed by atoms with E-state index in [-0.39, 0.29) is 22.9 Å². The summed E-state index contributed by atoms with van der Waals surface area (Å²) in [5.41, 5.74) is 2.51. The van der Waals surface area contributed by atoms with Gasteiger partial charge < -0.3 is 19.7 Å². The molecule has 0 bridgehead atoms. The lowest BCUT2D eigenvalue weighted by atomic mass is 10.1. The normalized spacial score (nSPS) is 12.6. The average molecular weight is 634 g/mol. The second-order valence-corrected chi connectivity index (χ2v) is 11.7. The first-order chi connectivity index (χ1) is 19.1. The number of hydrogen-bond acceptors (Lipinski definition) is 5. The number of rotatable bonds is 19. The van der Waals surface area contributed by atoms with Gasteiger partial charge in [0, 0.05) is 24.0 Å². The van der Waals surface area contributed by atoms with E-state index >= 15 is 0 Å². The van der Waals surface area contributed by atoms with E-state index in [4.69, 9.17) is 9.47 Å². The molecule has 1 N–H and O–H groups in total. The minimum Gasteiger partial charge on any atom is -0.493 e. The second-order valence-electron chi connectivity index (χ2n) is 10.5. The minimum atomic E-state index is -0.155. The molecule has 1 amide bonds. The van der Waals surface area contributed by atoms with Crippen molar-refractivity contribution in [3.63, 3.8) is 0 Å². The summed E-state index contributed by atoms with van der Waals surface area (Å²) in [5.74, 6) is 2.09. The summed E-state index contributed by atoms with van der Waals surface area (Å²) in [4.78, 5) is 16.6. The highest BCUT2D eigenvalue weighted by molar-refractivity contribution is 8.93. The van der Waals surface area contributed by atoms with Crippen LogP contribution < -0.4 is 14.8 Å². The Hall–Kier alpha value is -2.12. The zero-order valence-corrected chi connectivity index (χ0v) is 27.2. The highest BCUT2D eigenvalue weighted by Gasteiger charge is 2.13. The van der Waals surface area contributed by atoms with Crippen molar-refractivity contribution in [3.8, 4) is 11.5 Å². The van der Waals surface area contributed by atoms with E-state index in [2.05, 4.69) is 36.3 Å². The van der Waals surface area contributed by atoms with Crippen LogP contribution in [0.3, 0.4) is 0 Å².